The lowest BCUT2D eigenvalue weighted by Gasteiger charge is -2.20. The van der Waals surface area contributed by atoms with Crippen molar-refractivity contribution in [2.75, 3.05) is 5.32 Å². The van der Waals surface area contributed by atoms with Gasteiger partial charge in [-0.1, -0.05) is 26.0 Å². The minimum absolute atomic E-state index is 0.0419. The molecule has 1 fully saturated rings. The molecular weight excluding hydrogens is 294 g/mol. The van der Waals surface area contributed by atoms with Crippen molar-refractivity contribution in [3.05, 3.63) is 29.3 Å². The number of amides is 1. The highest BCUT2D eigenvalue weighted by molar-refractivity contribution is 5.86. The second kappa shape index (κ2) is 5.55. The Bertz CT molecular complexity index is 643. The fourth-order valence-corrected chi connectivity index (χ4v) is 3.10. The highest BCUT2D eigenvalue weighted by Crippen LogP contribution is 2.64. The highest BCUT2D eigenvalue weighted by Gasteiger charge is 2.62. The van der Waals surface area contributed by atoms with Crippen molar-refractivity contribution in [1.82, 2.24) is 0 Å². The zero-order valence-corrected chi connectivity index (χ0v) is 14.6. The third-order valence-electron chi connectivity index (χ3n) is 4.35. The summed E-state index contributed by atoms with van der Waals surface area (Å²) in [5, 5.41) is 12.1. The first-order chi connectivity index (χ1) is 10.4. The highest BCUT2D eigenvalue weighted by atomic mass is 16.6. The van der Waals surface area contributed by atoms with E-state index in [1.807, 2.05) is 39.0 Å². The Morgan fingerprint density at radius 1 is 1.26 bits per heavy atom. The average molecular weight is 319 g/mol. The van der Waals surface area contributed by atoms with E-state index in [1.54, 1.807) is 20.8 Å². The Balaban J connectivity index is 2.21. The molecule has 0 saturated heterocycles. The monoisotopic (exact) mass is 319 g/mol. The Morgan fingerprint density at radius 3 is 2.35 bits per heavy atom. The number of aryl methyl sites for hydroxylation is 1. The summed E-state index contributed by atoms with van der Waals surface area (Å²) in [6, 6.07) is 5.69. The predicted octanol–water partition coefficient (Wildman–Crippen LogP) is 4.17. The fraction of sp³-hybridized carbons (Fsp3) is 0.556. The second-order valence-electron chi connectivity index (χ2n) is 7.82. The van der Waals surface area contributed by atoms with Crippen LogP contribution in [0.5, 0.6) is 0 Å². The zero-order chi connectivity index (χ0) is 17.6. The van der Waals surface area contributed by atoms with Gasteiger partial charge in [-0.3, -0.25) is 10.1 Å². The van der Waals surface area contributed by atoms with Crippen LogP contribution in [0.15, 0.2) is 18.2 Å². The minimum Gasteiger partial charge on any atom is -0.481 e. The number of nitrogens with one attached hydrogen (secondary N) is 1. The van der Waals surface area contributed by atoms with Crippen LogP contribution < -0.4 is 5.32 Å². The first kappa shape index (κ1) is 17.3. The van der Waals surface area contributed by atoms with Crippen LogP contribution in [0.4, 0.5) is 10.5 Å². The number of anilines is 1. The van der Waals surface area contributed by atoms with Crippen LogP contribution in [-0.2, 0) is 9.53 Å². The standard InChI is InChI=1S/C18H25NO4/c1-10-7-8-11(13-14(15(20)21)18(13,5)6)9-12(10)19-16(22)23-17(2,3)4/h7-9,13-14H,1-6H3,(H,19,22)(H,20,21). The van der Waals surface area contributed by atoms with Gasteiger partial charge in [0, 0.05) is 11.6 Å². The number of rotatable bonds is 3. The van der Waals surface area contributed by atoms with Gasteiger partial charge in [0.2, 0.25) is 0 Å². The summed E-state index contributed by atoms with van der Waals surface area (Å²) in [5.74, 6) is -1.21. The van der Waals surface area contributed by atoms with Gasteiger partial charge < -0.3 is 9.84 Å². The summed E-state index contributed by atoms with van der Waals surface area (Å²) in [4.78, 5) is 23.3. The molecule has 2 atom stereocenters. The van der Waals surface area contributed by atoms with E-state index in [9.17, 15) is 14.7 Å². The lowest BCUT2D eigenvalue weighted by Crippen LogP contribution is -2.27. The molecule has 2 rings (SSSR count). The maximum atomic E-state index is 11.9. The fourth-order valence-electron chi connectivity index (χ4n) is 3.10. The molecule has 0 spiro atoms. The van der Waals surface area contributed by atoms with Gasteiger partial charge >= 0.3 is 12.1 Å². The molecule has 1 amide bonds. The maximum Gasteiger partial charge on any atom is 0.412 e. The molecule has 0 aromatic heterocycles. The molecule has 0 aliphatic heterocycles. The van der Waals surface area contributed by atoms with E-state index in [0.717, 1.165) is 11.1 Å². The van der Waals surface area contributed by atoms with Crippen LogP contribution in [0.2, 0.25) is 0 Å². The van der Waals surface area contributed by atoms with Gasteiger partial charge in [-0.15, -0.1) is 0 Å². The predicted molar refractivity (Wildman–Crippen MR) is 88.7 cm³/mol. The molecule has 0 bridgehead atoms. The summed E-state index contributed by atoms with van der Waals surface area (Å²) in [5.41, 5.74) is 1.65. The minimum atomic E-state index is -0.776. The number of carbonyl (C=O) groups excluding carboxylic acids is 1. The zero-order valence-electron chi connectivity index (χ0n) is 14.6. The van der Waals surface area contributed by atoms with Gasteiger partial charge in [-0.25, -0.2) is 4.79 Å². The summed E-state index contributed by atoms with van der Waals surface area (Å²) < 4.78 is 5.27. The number of aliphatic carboxylic acids is 1. The first-order valence-corrected chi connectivity index (χ1v) is 7.77. The molecule has 1 aromatic rings. The topological polar surface area (TPSA) is 75.6 Å². The number of hydrogen-bond acceptors (Lipinski definition) is 3. The SMILES string of the molecule is Cc1ccc(C2C(C(=O)O)C2(C)C)cc1NC(=O)OC(C)(C)C. The van der Waals surface area contributed by atoms with Crippen LogP contribution in [-0.4, -0.2) is 22.8 Å². The van der Waals surface area contributed by atoms with E-state index in [2.05, 4.69) is 5.32 Å². The van der Waals surface area contributed by atoms with Gasteiger partial charge in [0.15, 0.2) is 0 Å². The molecule has 1 aliphatic carbocycles. The van der Waals surface area contributed by atoms with Gasteiger partial charge in [-0.05, 0) is 50.3 Å². The number of carboxylic acids is 1. The van der Waals surface area contributed by atoms with Crippen LogP contribution in [0.3, 0.4) is 0 Å². The van der Waals surface area contributed by atoms with Crippen LogP contribution in [0.25, 0.3) is 0 Å². The van der Waals surface area contributed by atoms with Crippen LogP contribution in [0, 0.1) is 18.3 Å². The van der Waals surface area contributed by atoms with E-state index in [-0.39, 0.29) is 17.3 Å². The van der Waals surface area contributed by atoms with E-state index < -0.39 is 17.7 Å². The van der Waals surface area contributed by atoms with Crippen molar-refractivity contribution in [3.63, 3.8) is 0 Å². The Morgan fingerprint density at radius 2 is 1.87 bits per heavy atom. The summed E-state index contributed by atoms with van der Waals surface area (Å²) in [6.45, 7) is 11.2. The number of carboxylic acid groups (broad SMARTS) is 1. The summed E-state index contributed by atoms with van der Waals surface area (Å²) in [7, 11) is 0. The molecule has 1 saturated carbocycles. The lowest BCUT2D eigenvalue weighted by atomic mass is 10.0. The second-order valence-corrected chi connectivity index (χ2v) is 7.82. The third-order valence-corrected chi connectivity index (χ3v) is 4.35. The van der Waals surface area contributed by atoms with Crippen LogP contribution >= 0.6 is 0 Å². The molecular formula is C18H25NO4. The molecule has 2 N–H and O–H groups in total. The van der Waals surface area contributed by atoms with Crippen molar-refractivity contribution in [3.8, 4) is 0 Å². The smallest absolute Gasteiger partial charge is 0.412 e. The Hall–Kier alpha value is -2.04. The normalized spacial score (nSPS) is 22.3. The number of benzene rings is 1. The van der Waals surface area contributed by atoms with Crippen molar-refractivity contribution < 1.29 is 19.4 Å². The van der Waals surface area contributed by atoms with Gasteiger partial charge in [0.05, 0.1) is 5.92 Å². The van der Waals surface area contributed by atoms with E-state index in [0.29, 0.717) is 5.69 Å². The molecule has 0 heterocycles. The quantitative estimate of drug-likeness (QED) is 0.877. The molecule has 126 valence electrons. The molecule has 1 aromatic carbocycles. The molecule has 23 heavy (non-hydrogen) atoms. The average Bonchev–Trinajstić information content (AvgIpc) is 2.93. The van der Waals surface area contributed by atoms with E-state index in [4.69, 9.17) is 4.74 Å². The van der Waals surface area contributed by atoms with Crippen molar-refractivity contribution in [1.29, 1.82) is 0 Å². The largest absolute Gasteiger partial charge is 0.481 e. The number of hydrogen-bond donors (Lipinski definition) is 2. The van der Waals surface area contributed by atoms with Crippen molar-refractivity contribution >= 4 is 17.7 Å². The third kappa shape index (κ3) is 3.66. The Kier molecular flexibility index (Phi) is 4.18. The van der Waals surface area contributed by atoms with Gasteiger partial charge in [-0.2, -0.15) is 0 Å². The Labute approximate surface area is 137 Å². The van der Waals surface area contributed by atoms with E-state index in [1.165, 1.54) is 0 Å². The van der Waals surface area contributed by atoms with E-state index >= 15 is 0 Å². The molecule has 2 unspecified atom stereocenters. The maximum absolute atomic E-state index is 11.9. The number of carbonyl (C=O) groups is 2. The molecule has 5 nitrogen and oxygen atoms in total. The first-order valence-electron chi connectivity index (χ1n) is 7.77. The van der Waals surface area contributed by atoms with Crippen molar-refractivity contribution in [2.24, 2.45) is 11.3 Å². The van der Waals surface area contributed by atoms with Gasteiger partial charge in [0.1, 0.15) is 5.60 Å². The molecule has 1 aliphatic rings. The van der Waals surface area contributed by atoms with Crippen LogP contribution in [0.1, 0.15) is 51.7 Å². The summed E-state index contributed by atoms with van der Waals surface area (Å²) in [6.07, 6.45) is -0.511. The lowest BCUT2D eigenvalue weighted by molar-refractivity contribution is -0.139. The number of ether oxygens (including phenoxy) is 1. The molecule has 0 radical (unpaired) electrons. The molecule has 5 heteroatoms. The van der Waals surface area contributed by atoms with Gasteiger partial charge in [0.25, 0.3) is 0 Å². The van der Waals surface area contributed by atoms with Crippen molar-refractivity contribution in [2.45, 2.75) is 53.1 Å². The summed E-state index contributed by atoms with van der Waals surface area (Å²) >= 11 is 0.